The van der Waals surface area contributed by atoms with Gasteiger partial charge < -0.3 is 14.3 Å². The van der Waals surface area contributed by atoms with E-state index in [9.17, 15) is 0 Å². The Kier molecular flexibility index (Phi) is 4.69. The Morgan fingerprint density at radius 2 is 1.45 bits per heavy atom. The van der Waals surface area contributed by atoms with Crippen molar-refractivity contribution in [1.29, 1.82) is 0 Å². The van der Waals surface area contributed by atoms with Gasteiger partial charge in [0.2, 0.25) is 11.8 Å². The first-order valence-electron chi connectivity index (χ1n) is 6.70. The van der Waals surface area contributed by atoms with Gasteiger partial charge in [0.1, 0.15) is 12.4 Å². The van der Waals surface area contributed by atoms with E-state index >= 15 is 0 Å². The van der Waals surface area contributed by atoms with Gasteiger partial charge in [-0.15, -0.1) is 10.2 Å². The van der Waals surface area contributed by atoms with Gasteiger partial charge in [-0.25, -0.2) is 0 Å². The summed E-state index contributed by atoms with van der Waals surface area (Å²) < 4.78 is 12.2. The van der Waals surface area contributed by atoms with E-state index in [4.69, 9.17) is 14.3 Å². The molecule has 0 atom stereocenters. The van der Waals surface area contributed by atoms with Gasteiger partial charge in [0.05, 0.1) is 6.61 Å². The van der Waals surface area contributed by atoms with Gasteiger partial charge in [0.15, 0.2) is 0 Å². The van der Waals surface area contributed by atoms with Crippen molar-refractivity contribution in [2.24, 2.45) is 0 Å². The number of hydrogen-bond acceptors (Lipinski definition) is 5. The molecule has 112 valence electrons. The predicted molar refractivity (Wildman–Crippen MR) is 90.5 cm³/mol. The van der Waals surface area contributed by atoms with E-state index in [1.807, 2.05) is 36.4 Å². The molecule has 0 amide bonds. The molecule has 22 heavy (non-hydrogen) atoms. The molecule has 0 aliphatic carbocycles. The van der Waals surface area contributed by atoms with E-state index in [2.05, 4.69) is 32.8 Å². The number of ether oxygens (including phenoxy) is 1. The number of benzene rings is 2. The first-order valence-corrected chi connectivity index (χ1v) is 7.77. The third-order valence-electron chi connectivity index (χ3n) is 2.98. The minimum atomic E-state index is -0.00914. The molecule has 0 fully saturated rings. The van der Waals surface area contributed by atoms with Gasteiger partial charge in [-0.1, -0.05) is 0 Å². The fourth-order valence-electron chi connectivity index (χ4n) is 1.91. The Bertz CT molecular complexity index is 739. The Balaban J connectivity index is 1.79. The monoisotopic (exact) mass is 408 g/mol. The van der Waals surface area contributed by atoms with Crippen LogP contribution in [0.1, 0.15) is 0 Å². The van der Waals surface area contributed by atoms with Crippen molar-refractivity contribution in [2.75, 3.05) is 13.2 Å². The molecule has 1 N–H and O–H groups in total. The summed E-state index contributed by atoms with van der Waals surface area (Å²) in [7, 11) is 0. The van der Waals surface area contributed by atoms with E-state index in [-0.39, 0.29) is 13.2 Å². The van der Waals surface area contributed by atoms with Crippen molar-refractivity contribution in [3.63, 3.8) is 0 Å². The number of aliphatic hydroxyl groups is 1. The quantitative estimate of drug-likeness (QED) is 0.656. The minimum absolute atomic E-state index is 0.00914. The fourth-order valence-corrected chi connectivity index (χ4v) is 2.27. The van der Waals surface area contributed by atoms with Gasteiger partial charge in [0.25, 0.3) is 0 Å². The summed E-state index contributed by atoms with van der Waals surface area (Å²) in [6.45, 7) is 0.266. The first kappa shape index (κ1) is 15.0. The summed E-state index contributed by atoms with van der Waals surface area (Å²) in [5.74, 6) is 1.64. The maximum Gasteiger partial charge on any atom is 0.248 e. The van der Waals surface area contributed by atoms with Crippen molar-refractivity contribution in [1.82, 2.24) is 10.2 Å². The van der Waals surface area contributed by atoms with Gasteiger partial charge in [-0.05, 0) is 71.1 Å². The molecule has 1 heterocycles. The third kappa shape index (κ3) is 3.45. The van der Waals surface area contributed by atoms with Crippen LogP contribution in [0.4, 0.5) is 0 Å². The second-order valence-electron chi connectivity index (χ2n) is 4.52. The Morgan fingerprint density at radius 3 is 2.00 bits per heavy atom. The highest BCUT2D eigenvalue weighted by Gasteiger charge is 2.10. The van der Waals surface area contributed by atoms with Crippen LogP contribution < -0.4 is 4.74 Å². The SMILES string of the molecule is OCCOc1ccc(-c2nnc(-c3ccc(I)cc3)o2)cc1. The molecule has 0 aliphatic heterocycles. The summed E-state index contributed by atoms with van der Waals surface area (Å²) >= 11 is 2.25. The van der Waals surface area contributed by atoms with Crippen LogP contribution in [0.5, 0.6) is 5.75 Å². The molecule has 6 heteroatoms. The molecule has 0 saturated carbocycles. The van der Waals surface area contributed by atoms with E-state index < -0.39 is 0 Å². The fraction of sp³-hybridized carbons (Fsp3) is 0.125. The summed E-state index contributed by atoms with van der Waals surface area (Å²) in [6, 6.07) is 15.2. The van der Waals surface area contributed by atoms with Crippen LogP contribution in [0.2, 0.25) is 0 Å². The maximum atomic E-state index is 8.73. The largest absolute Gasteiger partial charge is 0.491 e. The van der Waals surface area contributed by atoms with Crippen molar-refractivity contribution in [3.05, 3.63) is 52.1 Å². The van der Waals surface area contributed by atoms with Crippen LogP contribution in [-0.2, 0) is 0 Å². The van der Waals surface area contributed by atoms with Crippen LogP contribution >= 0.6 is 22.6 Å². The molecule has 0 radical (unpaired) electrons. The molecular weight excluding hydrogens is 395 g/mol. The number of aromatic nitrogens is 2. The average molecular weight is 408 g/mol. The number of rotatable bonds is 5. The molecule has 5 nitrogen and oxygen atoms in total. The van der Waals surface area contributed by atoms with Crippen molar-refractivity contribution in [3.8, 4) is 28.7 Å². The lowest BCUT2D eigenvalue weighted by Gasteiger charge is -2.03. The molecule has 3 aromatic rings. The summed E-state index contributed by atoms with van der Waals surface area (Å²) in [6.07, 6.45) is 0. The maximum absolute atomic E-state index is 8.73. The van der Waals surface area contributed by atoms with Crippen molar-refractivity contribution < 1.29 is 14.3 Å². The summed E-state index contributed by atoms with van der Waals surface area (Å²) in [5, 5.41) is 16.9. The van der Waals surface area contributed by atoms with E-state index in [0.29, 0.717) is 17.5 Å². The molecular formula is C16H13IN2O3. The zero-order chi connectivity index (χ0) is 15.4. The topological polar surface area (TPSA) is 68.4 Å². The second kappa shape index (κ2) is 6.89. The van der Waals surface area contributed by atoms with Crippen LogP contribution in [-0.4, -0.2) is 28.5 Å². The van der Waals surface area contributed by atoms with Crippen LogP contribution in [0, 0.1) is 3.57 Å². The lowest BCUT2D eigenvalue weighted by molar-refractivity contribution is 0.201. The molecule has 0 unspecified atom stereocenters. The van der Waals surface area contributed by atoms with Gasteiger partial charge in [-0.2, -0.15) is 0 Å². The molecule has 3 rings (SSSR count). The molecule has 1 aromatic heterocycles. The number of hydrogen-bond donors (Lipinski definition) is 1. The number of nitrogens with zero attached hydrogens (tertiary/aromatic N) is 2. The predicted octanol–water partition coefficient (Wildman–Crippen LogP) is 3.38. The zero-order valence-corrected chi connectivity index (χ0v) is 13.7. The molecule has 2 aromatic carbocycles. The zero-order valence-electron chi connectivity index (χ0n) is 11.6. The smallest absolute Gasteiger partial charge is 0.248 e. The lowest BCUT2D eigenvalue weighted by Crippen LogP contribution is -2.01. The molecule has 0 aliphatic rings. The highest BCUT2D eigenvalue weighted by Crippen LogP contribution is 2.25. The van der Waals surface area contributed by atoms with Crippen LogP contribution in [0.15, 0.2) is 52.9 Å². The molecule has 0 bridgehead atoms. The van der Waals surface area contributed by atoms with Gasteiger partial charge in [0, 0.05) is 14.7 Å². The van der Waals surface area contributed by atoms with E-state index in [0.717, 1.165) is 14.7 Å². The Labute approximate surface area is 141 Å². The Hall–Kier alpha value is -1.93. The van der Waals surface area contributed by atoms with Crippen LogP contribution in [0.25, 0.3) is 22.9 Å². The van der Waals surface area contributed by atoms with Gasteiger partial charge in [-0.3, -0.25) is 0 Å². The van der Waals surface area contributed by atoms with E-state index in [1.165, 1.54) is 0 Å². The second-order valence-corrected chi connectivity index (χ2v) is 5.76. The van der Waals surface area contributed by atoms with Gasteiger partial charge >= 0.3 is 0 Å². The van der Waals surface area contributed by atoms with Crippen molar-refractivity contribution in [2.45, 2.75) is 0 Å². The average Bonchev–Trinajstić information content (AvgIpc) is 3.04. The standard InChI is InChI=1S/C16H13IN2O3/c17-13-5-1-11(2-6-13)15-18-19-16(22-15)12-3-7-14(8-4-12)21-10-9-20/h1-8,20H,9-10H2. The summed E-state index contributed by atoms with van der Waals surface area (Å²) in [5.41, 5.74) is 1.71. The normalized spacial score (nSPS) is 10.6. The third-order valence-corrected chi connectivity index (χ3v) is 3.70. The number of aliphatic hydroxyl groups excluding tert-OH is 1. The summed E-state index contributed by atoms with van der Waals surface area (Å²) in [4.78, 5) is 0. The van der Waals surface area contributed by atoms with E-state index in [1.54, 1.807) is 12.1 Å². The minimum Gasteiger partial charge on any atom is -0.491 e. The van der Waals surface area contributed by atoms with Crippen LogP contribution in [0.3, 0.4) is 0 Å². The highest BCUT2D eigenvalue weighted by molar-refractivity contribution is 14.1. The Morgan fingerprint density at radius 1 is 0.909 bits per heavy atom. The first-order chi connectivity index (χ1) is 10.8. The number of halogens is 1. The molecule has 0 spiro atoms. The van der Waals surface area contributed by atoms with Crippen molar-refractivity contribution >= 4 is 22.6 Å². The molecule has 0 saturated heterocycles. The lowest BCUT2D eigenvalue weighted by atomic mass is 10.2. The highest BCUT2D eigenvalue weighted by atomic mass is 127.